The van der Waals surface area contributed by atoms with Crippen LogP contribution in [-0.4, -0.2) is 63.0 Å². The molecule has 5 rings (SSSR count). The highest BCUT2D eigenvalue weighted by atomic mass is 16.2. The van der Waals surface area contributed by atoms with Crippen molar-refractivity contribution in [1.82, 2.24) is 24.4 Å². The second-order valence-corrected chi connectivity index (χ2v) is 9.89. The minimum atomic E-state index is 0.304. The number of nitrogens with zero attached hydrogens (tertiary/aromatic N) is 5. The third-order valence-corrected chi connectivity index (χ3v) is 7.58. The number of piperidine rings is 2. The van der Waals surface area contributed by atoms with Gasteiger partial charge in [0.2, 0.25) is 5.91 Å². The van der Waals surface area contributed by atoms with E-state index in [1.807, 2.05) is 24.4 Å². The Morgan fingerprint density at radius 1 is 0.939 bits per heavy atom. The summed E-state index contributed by atoms with van der Waals surface area (Å²) in [6, 6.07) is 14.9. The molecule has 0 saturated carbocycles. The molecule has 2 aromatic heterocycles. The summed E-state index contributed by atoms with van der Waals surface area (Å²) in [6.45, 7) is 6.43. The molecule has 33 heavy (non-hydrogen) atoms. The van der Waals surface area contributed by atoms with Gasteiger partial charge in [0.25, 0.3) is 0 Å². The molecule has 6 heteroatoms. The first kappa shape index (κ1) is 22.1. The summed E-state index contributed by atoms with van der Waals surface area (Å²) in [5.41, 5.74) is 3.66. The Bertz CT molecular complexity index is 1060. The standard InChI is InChI=1S/C27H35N5O/c1-21-5-7-22(8-6-21)9-10-23-11-18-31(19-12-23)26(33)20-30-16-13-24(14-17-30)27-29-28-25-4-2-3-15-32(25)27/h2-8,15,23-24H,9-14,16-20H2,1H3. The maximum absolute atomic E-state index is 12.9. The third kappa shape index (κ3) is 5.27. The van der Waals surface area contributed by atoms with Gasteiger partial charge in [-0.3, -0.25) is 14.1 Å². The zero-order chi connectivity index (χ0) is 22.6. The van der Waals surface area contributed by atoms with E-state index in [0.717, 1.165) is 75.7 Å². The molecule has 0 radical (unpaired) electrons. The first-order valence-electron chi connectivity index (χ1n) is 12.5. The molecule has 2 fully saturated rings. The first-order chi connectivity index (χ1) is 16.2. The number of rotatable bonds is 6. The molecule has 1 aromatic carbocycles. The number of fused-ring (bicyclic) bond motifs is 1. The second kappa shape index (κ2) is 10.0. The number of amides is 1. The van der Waals surface area contributed by atoms with Crippen molar-refractivity contribution in [2.24, 2.45) is 5.92 Å². The molecule has 0 N–H and O–H groups in total. The lowest BCUT2D eigenvalue weighted by Gasteiger charge is -2.35. The lowest BCUT2D eigenvalue weighted by molar-refractivity contribution is -0.134. The average molecular weight is 446 g/mol. The van der Waals surface area contributed by atoms with Gasteiger partial charge >= 0.3 is 0 Å². The monoisotopic (exact) mass is 445 g/mol. The van der Waals surface area contributed by atoms with Crippen LogP contribution in [0.3, 0.4) is 0 Å². The molecular formula is C27H35N5O. The van der Waals surface area contributed by atoms with Crippen LogP contribution in [0.2, 0.25) is 0 Å². The van der Waals surface area contributed by atoms with Crippen LogP contribution in [-0.2, 0) is 11.2 Å². The number of likely N-dealkylation sites (tertiary alicyclic amines) is 2. The molecule has 174 valence electrons. The van der Waals surface area contributed by atoms with Crippen molar-refractivity contribution < 1.29 is 4.79 Å². The van der Waals surface area contributed by atoms with Crippen LogP contribution in [0, 0.1) is 12.8 Å². The average Bonchev–Trinajstić information content (AvgIpc) is 3.29. The number of pyridine rings is 1. The maximum Gasteiger partial charge on any atom is 0.236 e. The highest BCUT2D eigenvalue weighted by Crippen LogP contribution is 2.27. The molecule has 3 aromatic rings. The number of carbonyl (C=O) groups excluding carboxylic acids is 1. The Labute approximate surface area is 196 Å². The fraction of sp³-hybridized carbons (Fsp3) is 0.519. The Kier molecular flexibility index (Phi) is 6.72. The van der Waals surface area contributed by atoms with E-state index in [2.05, 4.69) is 55.6 Å². The van der Waals surface area contributed by atoms with Crippen molar-refractivity contribution in [3.63, 3.8) is 0 Å². The van der Waals surface area contributed by atoms with Crippen molar-refractivity contribution in [2.45, 2.75) is 51.4 Å². The molecular weight excluding hydrogens is 410 g/mol. The second-order valence-electron chi connectivity index (χ2n) is 9.89. The largest absolute Gasteiger partial charge is 0.342 e. The van der Waals surface area contributed by atoms with E-state index in [4.69, 9.17) is 0 Å². The van der Waals surface area contributed by atoms with E-state index in [-0.39, 0.29) is 0 Å². The van der Waals surface area contributed by atoms with Gasteiger partial charge in [-0.15, -0.1) is 10.2 Å². The van der Waals surface area contributed by atoms with Crippen LogP contribution in [0.15, 0.2) is 48.7 Å². The van der Waals surface area contributed by atoms with Gasteiger partial charge in [-0.05, 0) is 82.2 Å². The summed E-state index contributed by atoms with van der Waals surface area (Å²) in [5.74, 6) is 2.52. The van der Waals surface area contributed by atoms with Gasteiger partial charge in [0.05, 0.1) is 6.54 Å². The van der Waals surface area contributed by atoms with Gasteiger partial charge in [0, 0.05) is 25.2 Å². The summed E-state index contributed by atoms with van der Waals surface area (Å²) in [4.78, 5) is 17.3. The molecule has 2 aliphatic heterocycles. The topological polar surface area (TPSA) is 53.7 Å². The van der Waals surface area contributed by atoms with E-state index < -0.39 is 0 Å². The highest BCUT2D eigenvalue weighted by Gasteiger charge is 2.28. The zero-order valence-corrected chi connectivity index (χ0v) is 19.7. The van der Waals surface area contributed by atoms with Gasteiger partial charge < -0.3 is 4.90 Å². The summed E-state index contributed by atoms with van der Waals surface area (Å²) < 4.78 is 2.11. The smallest absolute Gasteiger partial charge is 0.236 e. The van der Waals surface area contributed by atoms with Crippen LogP contribution < -0.4 is 0 Å². The van der Waals surface area contributed by atoms with E-state index in [1.165, 1.54) is 17.5 Å². The molecule has 0 aliphatic carbocycles. The Balaban J connectivity index is 1.04. The predicted molar refractivity (Wildman–Crippen MR) is 130 cm³/mol. The lowest BCUT2D eigenvalue weighted by Crippen LogP contribution is -2.46. The van der Waals surface area contributed by atoms with Crippen molar-refractivity contribution in [3.8, 4) is 0 Å². The molecule has 0 atom stereocenters. The minimum Gasteiger partial charge on any atom is -0.342 e. The van der Waals surface area contributed by atoms with Crippen LogP contribution >= 0.6 is 0 Å². The molecule has 0 spiro atoms. The number of aromatic nitrogens is 3. The van der Waals surface area contributed by atoms with Crippen LogP contribution in [0.25, 0.3) is 5.65 Å². The molecule has 0 bridgehead atoms. The van der Waals surface area contributed by atoms with Gasteiger partial charge in [-0.2, -0.15) is 0 Å². The molecule has 4 heterocycles. The highest BCUT2D eigenvalue weighted by molar-refractivity contribution is 5.78. The summed E-state index contributed by atoms with van der Waals surface area (Å²) >= 11 is 0. The number of hydrogen-bond donors (Lipinski definition) is 0. The number of aryl methyl sites for hydroxylation is 2. The van der Waals surface area contributed by atoms with Gasteiger partial charge in [-0.25, -0.2) is 0 Å². The molecule has 2 saturated heterocycles. The third-order valence-electron chi connectivity index (χ3n) is 7.58. The van der Waals surface area contributed by atoms with Crippen molar-refractivity contribution in [1.29, 1.82) is 0 Å². The molecule has 6 nitrogen and oxygen atoms in total. The molecule has 0 unspecified atom stereocenters. The number of benzene rings is 1. The van der Waals surface area contributed by atoms with Crippen LogP contribution in [0.4, 0.5) is 0 Å². The fourth-order valence-corrected chi connectivity index (χ4v) is 5.38. The summed E-state index contributed by atoms with van der Waals surface area (Å²) in [6.07, 6.45) is 8.77. The van der Waals surface area contributed by atoms with E-state index in [1.54, 1.807) is 0 Å². The van der Waals surface area contributed by atoms with E-state index >= 15 is 0 Å². The summed E-state index contributed by atoms with van der Waals surface area (Å²) in [5, 5.41) is 8.74. The van der Waals surface area contributed by atoms with Crippen molar-refractivity contribution in [3.05, 3.63) is 65.6 Å². The molecule has 1 amide bonds. The SMILES string of the molecule is Cc1ccc(CCC2CCN(C(=O)CN3CCC(c4nnc5ccccn45)CC3)CC2)cc1. The zero-order valence-electron chi connectivity index (χ0n) is 19.7. The Morgan fingerprint density at radius 2 is 1.70 bits per heavy atom. The van der Waals surface area contributed by atoms with Crippen molar-refractivity contribution in [2.75, 3.05) is 32.7 Å². The normalized spacial score (nSPS) is 18.8. The Morgan fingerprint density at radius 3 is 2.45 bits per heavy atom. The number of hydrogen-bond acceptors (Lipinski definition) is 4. The Hall–Kier alpha value is -2.73. The van der Waals surface area contributed by atoms with Crippen molar-refractivity contribution >= 4 is 11.6 Å². The quantitative estimate of drug-likeness (QED) is 0.574. The van der Waals surface area contributed by atoms with Crippen LogP contribution in [0.1, 0.15) is 55.0 Å². The summed E-state index contributed by atoms with van der Waals surface area (Å²) in [7, 11) is 0. The van der Waals surface area contributed by atoms with Gasteiger partial charge in [0.15, 0.2) is 5.65 Å². The van der Waals surface area contributed by atoms with Crippen LogP contribution in [0.5, 0.6) is 0 Å². The van der Waals surface area contributed by atoms with Gasteiger partial charge in [-0.1, -0.05) is 35.9 Å². The lowest BCUT2D eigenvalue weighted by atomic mass is 9.90. The predicted octanol–water partition coefficient (Wildman–Crippen LogP) is 4.09. The minimum absolute atomic E-state index is 0.304. The number of carbonyl (C=O) groups is 1. The maximum atomic E-state index is 12.9. The van der Waals surface area contributed by atoms with E-state index in [0.29, 0.717) is 18.4 Å². The first-order valence-corrected chi connectivity index (χ1v) is 12.5. The molecule has 2 aliphatic rings. The van der Waals surface area contributed by atoms with E-state index in [9.17, 15) is 4.79 Å². The fourth-order valence-electron chi connectivity index (χ4n) is 5.38. The van der Waals surface area contributed by atoms with Gasteiger partial charge in [0.1, 0.15) is 5.82 Å².